The Morgan fingerprint density at radius 3 is 2.45 bits per heavy atom. The highest BCUT2D eigenvalue weighted by atomic mass is 19.4. The average molecular weight is 320 g/mol. The van der Waals surface area contributed by atoms with Crippen molar-refractivity contribution in [2.24, 2.45) is 5.73 Å². The van der Waals surface area contributed by atoms with Gasteiger partial charge in [0.1, 0.15) is 5.82 Å². The van der Waals surface area contributed by atoms with E-state index < -0.39 is 12.1 Å². The van der Waals surface area contributed by atoms with Gasteiger partial charge in [-0.2, -0.15) is 13.2 Å². The molecule has 0 spiro atoms. The largest absolute Gasteiger partial charge is 0.490 e. The van der Waals surface area contributed by atoms with Crippen molar-refractivity contribution in [2.45, 2.75) is 19.1 Å². The Balaban J connectivity index is 0.000000534. The molecule has 4 N–H and O–H groups in total. The smallest absolute Gasteiger partial charge is 0.475 e. The van der Waals surface area contributed by atoms with Crippen LogP contribution in [0.5, 0.6) is 0 Å². The van der Waals surface area contributed by atoms with Gasteiger partial charge in [-0.15, -0.1) is 6.42 Å². The molecule has 0 aromatic heterocycles. The Morgan fingerprint density at radius 1 is 1.50 bits per heavy atom. The van der Waals surface area contributed by atoms with Crippen LogP contribution in [-0.4, -0.2) is 30.3 Å². The number of terminal acetylenes is 1. The number of carboxylic acids is 1. The van der Waals surface area contributed by atoms with Gasteiger partial charge in [0, 0.05) is 24.7 Å². The van der Waals surface area contributed by atoms with Crippen molar-refractivity contribution < 1.29 is 27.5 Å². The fourth-order valence-corrected chi connectivity index (χ4v) is 1.41. The molecule has 1 aromatic carbocycles. The van der Waals surface area contributed by atoms with E-state index in [4.69, 9.17) is 22.1 Å². The van der Waals surface area contributed by atoms with Crippen LogP contribution in [0.3, 0.4) is 0 Å². The molecule has 122 valence electrons. The molecule has 8 heteroatoms. The highest BCUT2D eigenvalue weighted by molar-refractivity contribution is 5.73. The van der Waals surface area contributed by atoms with E-state index in [0.29, 0.717) is 24.2 Å². The lowest BCUT2D eigenvalue weighted by Crippen LogP contribution is -2.26. The van der Waals surface area contributed by atoms with Crippen molar-refractivity contribution in [3.63, 3.8) is 0 Å². The van der Waals surface area contributed by atoms with Crippen molar-refractivity contribution in [1.82, 2.24) is 5.32 Å². The van der Waals surface area contributed by atoms with Crippen LogP contribution in [0.15, 0.2) is 18.2 Å². The standard InChI is InChI=1S/C12H15FN2.C2HF3O2/c1-3-10-5-4-6-11(12(10)13)9(2)15-8-7-14;3-2(4,5)1(6)7/h1,4-6,9,15H,7-8,14H2,2H3;(H,6,7). The van der Waals surface area contributed by atoms with Crippen molar-refractivity contribution in [3.05, 3.63) is 35.1 Å². The fraction of sp³-hybridized carbons (Fsp3) is 0.357. The minimum atomic E-state index is -5.08. The first-order chi connectivity index (χ1) is 10.1. The maximum Gasteiger partial charge on any atom is 0.490 e. The van der Waals surface area contributed by atoms with E-state index >= 15 is 0 Å². The summed E-state index contributed by atoms with van der Waals surface area (Å²) in [6.45, 7) is 3.07. The highest BCUT2D eigenvalue weighted by Crippen LogP contribution is 2.19. The summed E-state index contributed by atoms with van der Waals surface area (Å²) in [6, 6.07) is 4.99. The van der Waals surface area contributed by atoms with Crippen molar-refractivity contribution in [1.29, 1.82) is 0 Å². The van der Waals surface area contributed by atoms with E-state index in [1.807, 2.05) is 6.92 Å². The van der Waals surface area contributed by atoms with E-state index in [9.17, 15) is 17.6 Å². The SMILES string of the molecule is C#Cc1cccc(C(C)NCCN)c1F.O=C(O)C(F)(F)F. The van der Waals surface area contributed by atoms with Crippen LogP contribution in [0.2, 0.25) is 0 Å². The summed E-state index contributed by atoms with van der Waals surface area (Å²) in [5.74, 6) is -0.760. The quantitative estimate of drug-likeness (QED) is 0.586. The number of benzene rings is 1. The molecule has 1 atom stereocenters. The summed E-state index contributed by atoms with van der Waals surface area (Å²) in [6.07, 6.45) is 0.106. The van der Waals surface area contributed by atoms with Gasteiger partial charge >= 0.3 is 12.1 Å². The predicted octanol–water partition coefficient (Wildman–Crippen LogP) is 2.05. The zero-order valence-corrected chi connectivity index (χ0v) is 11.7. The van der Waals surface area contributed by atoms with Crippen LogP contribution in [-0.2, 0) is 4.79 Å². The van der Waals surface area contributed by atoms with Gasteiger partial charge < -0.3 is 16.2 Å². The maximum atomic E-state index is 13.7. The lowest BCUT2D eigenvalue weighted by Gasteiger charge is -2.14. The molecule has 0 amide bonds. The zero-order chi connectivity index (χ0) is 17.3. The third kappa shape index (κ3) is 6.56. The molecule has 1 unspecified atom stereocenters. The van der Waals surface area contributed by atoms with E-state index in [2.05, 4.69) is 11.2 Å². The van der Waals surface area contributed by atoms with E-state index in [-0.39, 0.29) is 11.9 Å². The molecule has 0 aliphatic carbocycles. The summed E-state index contributed by atoms with van der Waals surface area (Å²) in [5, 5.41) is 10.2. The van der Waals surface area contributed by atoms with E-state index in [1.165, 1.54) is 0 Å². The number of nitrogens with one attached hydrogen (secondary N) is 1. The molecule has 0 aliphatic rings. The molecule has 22 heavy (non-hydrogen) atoms. The highest BCUT2D eigenvalue weighted by Gasteiger charge is 2.38. The minimum absolute atomic E-state index is 0.0816. The van der Waals surface area contributed by atoms with Crippen LogP contribution in [0.1, 0.15) is 24.1 Å². The Kier molecular flexibility index (Phi) is 8.15. The predicted molar refractivity (Wildman–Crippen MR) is 73.5 cm³/mol. The number of hydrogen-bond acceptors (Lipinski definition) is 3. The molecule has 1 aromatic rings. The van der Waals surface area contributed by atoms with Crippen molar-refractivity contribution >= 4 is 5.97 Å². The van der Waals surface area contributed by atoms with Gasteiger partial charge in [0.2, 0.25) is 0 Å². The minimum Gasteiger partial charge on any atom is -0.475 e. The molecule has 4 nitrogen and oxygen atoms in total. The van der Waals surface area contributed by atoms with Crippen molar-refractivity contribution in [2.75, 3.05) is 13.1 Å². The summed E-state index contributed by atoms with van der Waals surface area (Å²) in [4.78, 5) is 8.90. The van der Waals surface area contributed by atoms with Crippen molar-refractivity contribution in [3.8, 4) is 12.3 Å². The monoisotopic (exact) mass is 320 g/mol. The number of nitrogens with two attached hydrogens (primary N) is 1. The van der Waals surface area contributed by atoms with Gasteiger partial charge in [0.05, 0.1) is 5.56 Å². The Labute approximate surface area is 125 Å². The lowest BCUT2D eigenvalue weighted by atomic mass is 10.0. The van der Waals surface area contributed by atoms with E-state index in [1.54, 1.807) is 18.2 Å². The molecule has 0 fully saturated rings. The van der Waals surface area contributed by atoms with Crippen LogP contribution < -0.4 is 11.1 Å². The van der Waals surface area contributed by atoms with Gasteiger partial charge in [-0.05, 0) is 13.0 Å². The third-order valence-electron chi connectivity index (χ3n) is 2.49. The van der Waals surface area contributed by atoms with Gasteiger partial charge in [0.15, 0.2) is 0 Å². The number of rotatable bonds is 4. The molecule has 0 bridgehead atoms. The number of halogens is 4. The topological polar surface area (TPSA) is 75.3 Å². The number of aliphatic carboxylic acids is 1. The fourth-order valence-electron chi connectivity index (χ4n) is 1.41. The number of carboxylic acid groups (broad SMARTS) is 1. The Bertz CT molecular complexity index is 539. The molecule has 0 aliphatic heterocycles. The lowest BCUT2D eigenvalue weighted by molar-refractivity contribution is -0.192. The number of hydrogen-bond donors (Lipinski definition) is 3. The van der Waals surface area contributed by atoms with Crippen LogP contribution in [0.4, 0.5) is 17.6 Å². The molecule has 0 saturated heterocycles. The van der Waals surface area contributed by atoms with Crippen LogP contribution >= 0.6 is 0 Å². The first-order valence-electron chi connectivity index (χ1n) is 6.13. The zero-order valence-electron chi connectivity index (χ0n) is 11.7. The molecule has 1 rings (SSSR count). The second-order valence-electron chi connectivity index (χ2n) is 4.12. The average Bonchev–Trinajstić information content (AvgIpc) is 2.44. The van der Waals surface area contributed by atoms with Crippen LogP contribution in [0, 0.1) is 18.2 Å². The Morgan fingerprint density at radius 2 is 2.05 bits per heavy atom. The molecule has 0 saturated carbocycles. The second kappa shape index (κ2) is 9.02. The van der Waals surface area contributed by atoms with Gasteiger partial charge in [-0.1, -0.05) is 18.1 Å². The van der Waals surface area contributed by atoms with Gasteiger partial charge in [0.25, 0.3) is 0 Å². The first-order valence-corrected chi connectivity index (χ1v) is 6.13. The van der Waals surface area contributed by atoms with Crippen LogP contribution in [0.25, 0.3) is 0 Å². The Hall–Kier alpha value is -2.11. The summed E-state index contributed by atoms with van der Waals surface area (Å²) in [7, 11) is 0. The first kappa shape index (κ1) is 19.9. The second-order valence-corrected chi connectivity index (χ2v) is 4.12. The number of alkyl halides is 3. The third-order valence-corrected chi connectivity index (χ3v) is 2.49. The van der Waals surface area contributed by atoms with Gasteiger partial charge in [-0.3, -0.25) is 0 Å². The number of carbonyl (C=O) groups is 1. The molecule has 0 heterocycles. The maximum absolute atomic E-state index is 13.7. The summed E-state index contributed by atoms with van der Waals surface area (Å²) >= 11 is 0. The van der Waals surface area contributed by atoms with Gasteiger partial charge in [-0.25, -0.2) is 9.18 Å². The molecular weight excluding hydrogens is 304 g/mol. The molecular formula is C14H16F4N2O2. The summed E-state index contributed by atoms with van der Waals surface area (Å²) in [5.41, 5.74) is 6.24. The van der Waals surface area contributed by atoms with E-state index in [0.717, 1.165) is 0 Å². The molecule has 0 radical (unpaired) electrons. The normalized spacial score (nSPS) is 11.9. The summed E-state index contributed by atoms with van der Waals surface area (Å²) < 4.78 is 45.5.